The Hall–Kier alpha value is -0.380. The van der Waals surface area contributed by atoms with Gasteiger partial charge in [0.15, 0.2) is 0 Å². The number of benzene rings is 1. The van der Waals surface area contributed by atoms with Crippen molar-refractivity contribution in [1.29, 1.82) is 0 Å². The Balaban J connectivity index is 1.73. The highest BCUT2D eigenvalue weighted by Gasteiger charge is 2.34. The molecule has 1 aromatic carbocycles. The first-order valence-electron chi connectivity index (χ1n) is 7.51. The van der Waals surface area contributed by atoms with Crippen molar-refractivity contribution < 1.29 is 0 Å². The fourth-order valence-corrected chi connectivity index (χ4v) is 4.01. The molecule has 3 heteroatoms. The second kappa shape index (κ2) is 5.94. The molecule has 0 aromatic heterocycles. The molecule has 0 radical (unpaired) electrons. The van der Waals surface area contributed by atoms with Crippen molar-refractivity contribution in [1.82, 2.24) is 10.2 Å². The van der Waals surface area contributed by atoms with Crippen molar-refractivity contribution in [2.75, 3.05) is 19.6 Å². The first-order chi connectivity index (χ1) is 9.28. The molecule has 0 amide bonds. The van der Waals surface area contributed by atoms with Crippen LogP contribution in [-0.4, -0.2) is 30.6 Å². The van der Waals surface area contributed by atoms with Gasteiger partial charge in [0.25, 0.3) is 0 Å². The Bertz CT molecular complexity index is 417. The molecule has 3 rings (SSSR count). The van der Waals surface area contributed by atoms with Crippen LogP contribution >= 0.6 is 15.9 Å². The van der Waals surface area contributed by atoms with E-state index in [0.29, 0.717) is 6.04 Å². The van der Waals surface area contributed by atoms with Gasteiger partial charge in [-0.2, -0.15) is 0 Å². The number of fused-ring (bicyclic) bond motifs is 1. The minimum absolute atomic E-state index is 0.592. The third kappa shape index (κ3) is 2.88. The maximum absolute atomic E-state index is 3.65. The fourth-order valence-electron chi connectivity index (χ4n) is 3.75. The molecule has 2 fully saturated rings. The van der Waals surface area contributed by atoms with Gasteiger partial charge in [-0.15, -0.1) is 0 Å². The molecule has 1 N–H and O–H groups in total. The van der Waals surface area contributed by atoms with Gasteiger partial charge < -0.3 is 5.32 Å². The zero-order chi connectivity index (χ0) is 13.2. The molecule has 2 nitrogen and oxygen atoms in total. The Kier molecular flexibility index (Phi) is 4.25. The second-order valence-corrected chi connectivity index (χ2v) is 6.78. The minimum atomic E-state index is 0.592. The number of likely N-dealkylation sites (tertiary alicyclic amines) is 1. The molecule has 2 aliphatic rings. The highest BCUT2D eigenvalue weighted by atomic mass is 79.9. The lowest BCUT2D eigenvalue weighted by Crippen LogP contribution is -2.45. The first kappa shape index (κ1) is 13.6. The lowest BCUT2D eigenvalue weighted by Gasteiger charge is -2.39. The summed E-state index contributed by atoms with van der Waals surface area (Å²) >= 11 is 3.53. The van der Waals surface area contributed by atoms with Gasteiger partial charge in [0.2, 0.25) is 0 Å². The molecule has 3 atom stereocenters. The number of rotatable bonds is 3. The maximum atomic E-state index is 3.65. The third-order valence-corrected chi connectivity index (χ3v) is 5.30. The molecule has 2 saturated heterocycles. The quantitative estimate of drug-likeness (QED) is 0.915. The van der Waals surface area contributed by atoms with Crippen LogP contribution in [0.1, 0.15) is 37.8 Å². The summed E-state index contributed by atoms with van der Waals surface area (Å²) in [5.41, 5.74) is 1.47. The summed E-state index contributed by atoms with van der Waals surface area (Å²) in [6.07, 6.45) is 3.88. The maximum Gasteiger partial charge on any atom is 0.0345 e. The topological polar surface area (TPSA) is 15.3 Å². The van der Waals surface area contributed by atoms with Crippen LogP contribution in [0.4, 0.5) is 0 Å². The van der Waals surface area contributed by atoms with E-state index in [2.05, 4.69) is 57.3 Å². The molecule has 0 aliphatic carbocycles. The molecule has 104 valence electrons. The van der Waals surface area contributed by atoms with Crippen molar-refractivity contribution in [3.63, 3.8) is 0 Å². The number of nitrogens with zero attached hydrogens (tertiary/aromatic N) is 1. The van der Waals surface area contributed by atoms with Crippen LogP contribution in [0.15, 0.2) is 28.7 Å². The van der Waals surface area contributed by atoms with Crippen LogP contribution < -0.4 is 5.32 Å². The summed E-state index contributed by atoms with van der Waals surface area (Å²) in [6, 6.07) is 10.3. The molecule has 19 heavy (non-hydrogen) atoms. The smallest absolute Gasteiger partial charge is 0.0345 e. The van der Waals surface area contributed by atoms with E-state index in [1.54, 1.807) is 0 Å². The molecule has 3 unspecified atom stereocenters. The van der Waals surface area contributed by atoms with E-state index in [-0.39, 0.29) is 0 Å². The number of halogens is 1. The van der Waals surface area contributed by atoms with Crippen LogP contribution in [0.5, 0.6) is 0 Å². The average Bonchev–Trinajstić information content (AvgIpc) is 2.89. The summed E-state index contributed by atoms with van der Waals surface area (Å²) in [7, 11) is 0. The SMILES string of the molecule is CCC(c1ccc(Br)cc1)N1CCC2NCCC2C1. The van der Waals surface area contributed by atoms with Crippen LogP contribution in [0.3, 0.4) is 0 Å². The summed E-state index contributed by atoms with van der Waals surface area (Å²) in [6.45, 7) is 6.04. The van der Waals surface area contributed by atoms with E-state index in [1.165, 1.54) is 48.9 Å². The van der Waals surface area contributed by atoms with E-state index < -0.39 is 0 Å². The first-order valence-corrected chi connectivity index (χ1v) is 8.30. The van der Waals surface area contributed by atoms with Gasteiger partial charge in [-0.3, -0.25) is 4.90 Å². The third-order valence-electron chi connectivity index (χ3n) is 4.77. The van der Waals surface area contributed by atoms with Crippen LogP contribution in [0.25, 0.3) is 0 Å². The van der Waals surface area contributed by atoms with Crippen LogP contribution in [-0.2, 0) is 0 Å². The van der Waals surface area contributed by atoms with Crippen LogP contribution in [0.2, 0.25) is 0 Å². The van der Waals surface area contributed by atoms with Crippen molar-refractivity contribution in [3.05, 3.63) is 34.3 Å². The minimum Gasteiger partial charge on any atom is -0.314 e. The van der Waals surface area contributed by atoms with Gasteiger partial charge >= 0.3 is 0 Å². The van der Waals surface area contributed by atoms with Crippen molar-refractivity contribution >= 4 is 15.9 Å². The summed E-state index contributed by atoms with van der Waals surface area (Å²) in [5, 5.41) is 3.65. The normalized spacial score (nSPS) is 29.2. The Morgan fingerprint density at radius 2 is 2.11 bits per heavy atom. The lowest BCUT2D eigenvalue weighted by atomic mass is 9.90. The summed E-state index contributed by atoms with van der Waals surface area (Å²) < 4.78 is 1.17. The number of piperidine rings is 1. The highest BCUT2D eigenvalue weighted by molar-refractivity contribution is 9.10. The number of nitrogens with one attached hydrogen (secondary N) is 1. The molecule has 0 bridgehead atoms. The average molecular weight is 323 g/mol. The molecule has 0 spiro atoms. The molecule has 2 aliphatic heterocycles. The molecule has 0 saturated carbocycles. The monoisotopic (exact) mass is 322 g/mol. The Morgan fingerprint density at radius 3 is 2.84 bits per heavy atom. The van der Waals surface area contributed by atoms with E-state index in [9.17, 15) is 0 Å². The van der Waals surface area contributed by atoms with Gasteiger partial charge in [0.1, 0.15) is 0 Å². The standard InChI is InChI=1S/C16H23BrN2/c1-2-16(12-3-5-14(17)6-4-12)19-10-8-15-13(11-19)7-9-18-15/h3-6,13,15-16,18H,2,7-11H2,1H3. The fraction of sp³-hybridized carbons (Fsp3) is 0.625. The van der Waals surface area contributed by atoms with Crippen molar-refractivity contribution in [2.24, 2.45) is 5.92 Å². The van der Waals surface area contributed by atoms with Gasteiger partial charge in [-0.25, -0.2) is 0 Å². The lowest BCUT2D eigenvalue weighted by molar-refractivity contribution is 0.111. The Morgan fingerprint density at radius 1 is 1.32 bits per heavy atom. The van der Waals surface area contributed by atoms with E-state index >= 15 is 0 Å². The van der Waals surface area contributed by atoms with Crippen molar-refractivity contribution in [3.8, 4) is 0 Å². The van der Waals surface area contributed by atoms with Gasteiger partial charge in [0, 0.05) is 29.6 Å². The predicted octanol–water partition coefficient (Wildman–Crippen LogP) is 3.58. The summed E-state index contributed by atoms with van der Waals surface area (Å²) in [4.78, 5) is 2.71. The largest absolute Gasteiger partial charge is 0.314 e. The zero-order valence-electron chi connectivity index (χ0n) is 11.6. The van der Waals surface area contributed by atoms with E-state index in [4.69, 9.17) is 0 Å². The summed E-state index contributed by atoms with van der Waals surface area (Å²) in [5.74, 6) is 0.873. The Labute approximate surface area is 124 Å². The van der Waals surface area contributed by atoms with Gasteiger partial charge in [0.05, 0.1) is 0 Å². The highest BCUT2D eigenvalue weighted by Crippen LogP contribution is 2.32. The molecular formula is C16H23BrN2. The van der Waals surface area contributed by atoms with E-state index in [0.717, 1.165) is 12.0 Å². The second-order valence-electron chi connectivity index (χ2n) is 5.87. The van der Waals surface area contributed by atoms with Crippen LogP contribution in [0, 0.1) is 5.92 Å². The van der Waals surface area contributed by atoms with E-state index in [1.807, 2.05) is 0 Å². The number of hydrogen-bond donors (Lipinski definition) is 1. The van der Waals surface area contributed by atoms with Gasteiger partial charge in [-0.05, 0) is 49.4 Å². The molecular weight excluding hydrogens is 300 g/mol. The zero-order valence-corrected chi connectivity index (χ0v) is 13.2. The van der Waals surface area contributed by atoms with Gasteiger partial charge in [-0.1, -0.05) is 35.0 Å². The van der Waals surface area contributed by atoms with Crippen molar-refractivity contribution in [2.45, 2.75) is 38.3 Å². The number of hydrogen-bond acceptors (Lipinski definition) is 2. The molecule has 1 aromatic rings. The molecule has 2 heterocycles. The predicted molar refractivity (Wildman–Crippen MR) is 83.3 cm³/mol.